The fourth-order valence-corrected chi connectivity index (χ4v) is 2.45. The molecule has 0 aromatic heterocycles. The predicted octanol–water partition coefficient (Wildman–Crippen LogP) is 3.60. The van der Waals surface area contributed by atoms with Crippen LogP contribution in [-0.4, -0.2) is 33.3 Å². The van der Waals surface area contributed by atoms with E-state index in [4.69, 9.17) is 19.9 Å². The van der Waals surface area contributed by atoms with Crippen molar-refractivity contribution in [1.29, 1.82) is 0 Å². The second-order valence-electron chi connectivity index (χ2n) is 5.74. The third-order valence-electron chi connectivity index (χ3n) is 3.88. The topological polar surface area (TPSA) is 78.1 Å². The van der Waals surface area contributed by atoms with Crippen molar-refractivity contribution < 1.29 is 14.2 Å². The van der Waals surface area contributed by atoms with Gasteiger partial charge in [0.05, 0.1) is 20.3 Å². The second-order valence-corrected chi connectivity index (χ2v) is 5.74. The molecule has 0 aliphatic carbocycles. The van der Waals surface area contributed by atoms with E-state index in [9.17, 15) is 0 Å². The van der Waals surface area contributed by atoms with E-state index in [1.54, 1.807) is 14.2 Å². The normalized spacial score (nSPS) is 12.5. The van der Waals surface area contributed by atoms with Crippen LogP contribution in [0.1, 0.15) is 25.0 Å². The molecule has 2 rings (SSSR count). The summed E-state index contributed by atoms with van der Waals surface area (Å²) in [5.74, 6) is 1.65. The Morgan fingerprint density at radius 1 is 1.08 bits per heavy atom. The molecule has 0 spiro atoms. The summed E-state index contributed by atoms with van der Waals surface area (Å²) >= 11 is 0. The van der Waals surface area contributed by atoms with Crippen LogP contribution in [0.4, 0.5) is 5.69 Å². The molecular formula is C20H27N3O3. The lowest BCUT2D eigenvalue weighted by molar-refractivity contribution is 0.0652. The lowest BCUT2D eigenvalue weighted by Crippen LogP contribution is -2.23. The summed E-state index contributed by atoms with van der Waals surface area (Å²) in [7, 11) is 3.19. The minimum Gasteiger partial charge on any atom is -0.493 e. The molecule has 6 nitrogen and oxygen atoms in total. The average molecular weight is 357 g/mol. The van der Waals surface area contributed by atoms with Crippen molar-refractivity contribution in [2.75, 3.05) is 32.7 Å². The largest absolute Gasteiger partial charge is 0.493 e. The van der Waals surface area contributed by atoms with Gasteiger partial charge in [0.25, 0.3) is 0 Å². The number of anilines is 1. The molecule has 1 atom stereocenters. The van der Waals surface area contributed by atoms with E-state index in [-0.39, 0.29) is 6.10 Å². The van der Waals surface area contributed by atoms with Crippen LogP contribution >= 0.6 is 0 Å². The molecule has 140 valence electrons. The van der Waals surface area contributed by atoms with Gasteiger partial charge in [-0.3, -0.25) is 4.99 Å². The Bertz CT molecular complexity index is 705. The molecule has 0 bridgehead atoms. The summed E-state index contributed by atoms with van der Waals surface area (Å²) in [5.41, 5.74) is 7.89. The van der Waals surface area contributed by atoms with Crippen molar-refractivity contribution in [2.24, 2.45) is 10.7 Å². The van der Waals surface area contributed by atoms with E-state index < -0.39 is 0 Å². The fraction of sp³-hybridized carbons (Fsp3) is 0.350. The first-order valence-corrected chi connectivity index (χ1v) is 8.59. The first-order chi connectivity index (χ1) is 12.6. The van der Waals surface area contributed by atoms with E-state index in [2.05, 4.69) is 22.4 Å². The first kappa shape index (κ1) is 19.6. The molecule has 0 aliphatic heterocycles. The van der Waals surface area contributed by atoms with Crippen LogP contribution in [0.3, 0.4) is 0 Å². The van der Waals surface area contributed by atoms with Crippen LogP contribution in [0.2, 0.25) is 0 Å². The van der Waals surface area contributed by atoms with E-state index in [0.717, 1.165) is 12.1 Å². The zero-order chi connectivity index (χ0) is 18.8. The number of benzene rings is 2. The van der Waals surface area contributed by atoms with E-state index in [1.807, 2.05) is 43.3 Å². The Labute approximate surface area is 155 Å². The van der Waals surface area contributed by atoms with Crippen molar-refractivity contribution >= 4 is 11.6 Å². The van der Waals surface area contributed by atoms with E-state index in [1.165, 1.54) is 5.56 Å². The van der Waals surface area contributed by atoms with Gasteiger partial charge in [0.1, 0.15) is 0 Å². The highest BCUT2D eigenvalue weighted by atomic mass is 16.5. The van der Waals surface area contributed by atoms with Crippen molar-refractivity contribution in [3.63, 3.8) is 0 Å². The molecule has 0 radical (unpaired) electrons. The Morgan fingerprint density at radius 3 is 2.50 bits per heavy atom. The standard InChI is InChI=1S/C20H27N3O3/c1-15(16-8-5-4-6-9-16)26-13-7-12-22-20(21)23-17-10-11-18(24-2)19(14-17)25-3/h4-6,8-11,14-15H,7,12-13H2,1-3H3,(H3,21,22,23). The molecule has 2 aromatic rings. The van der Waals surface area contributed by atoms with Gasteiger partial charge in [-0.05, 0) is 31.0 Å². The minimum absolute atomic E-state index is 0.0717. The van der Waals surface area contributed by atoms with Gasteiger partial charge in [0, 0.05) is 24.9 Å². The number of nitrogens with one attached hydrogen (secondary N) is 1. The molecule has 2 aromatic carbocycles. The van der Waals surface area contributed by atoms with Crippen LogP contribution < -0.4 is 20.5 Å². The third-order valence-corrected chi connectivity index (χ3v) is 3.88. The second kappa shape index (κ2) is 10.3. The smallest absolute Gasteiger partial charge is 0.193 e. The zero-order valence-electron chi connectivity index (χ0n) is 15.6. The molecule has 0 saturated heterocycles. The van der Waals surface area contributed by atoms with Gasteiger partial charge in [-0.15, -0.1) is 0 Å². The van der Waals surface area contributed by atoms with Crippen molar-refractivity contribution in [3.05, 3.63) is 54.1 Å². The van der Waals surface area contributed by atoms with Gasteiger partial charge in [0.15, 0.2) is 17.5 Å². The maximum atomic E-state index is 5.93. The first-order valence-electron chi connectivity index (χ1n) is 8.59. The fourth-order valence-electron chi connectivity index (χ4n) is 2.45. The van der Waals surface area contributed by atoms with Crippen molar-refractivity contribution in [3.8, 4) is 11.5 Å². The number of guanidine groups is 1. The number of aliphatic imine (C=N–C) groups is 1. The Hall–Kier alpha value is -2.73. The monoisotopic (exact) mass is 357 g/mol. The summed E-state index contributed by atoms with van der Waals surface area (Å²) in [6.45, 7) is 3.27. The van der Waals surface area contributed by atoms with Gasteiger partial charge in [0.2, 0.25) is 0 Å². The maximum absolute atomic E-state index is 5.93. The molecule has 0 amide bonds. The lowest BCUT2D eigenvalue weighted by Gasteiger charge is -2.13. The Kier molecular flexibility index (Phi) is 7.76. The van der Waals surface area contributed by atoms with E-state index in [0.29, 0.717) is 30.6 Å². The number of nitrogens with zero attached hydrogens (tertiary/aromatic N) is 1. The van der Waals surface area contributed by atoms with Crippen molar-refractivity contribution in [1.82, 2.24) is 0 Å². The minimum atomic E-state index is 0.0717. The molecule has 0 saturated carbocycles. The number of rotatable bonds is 9. The van der Waals surface area contributed by atoms with Crippen LogP contribution in [0, 0.1) is 0 Å². The Morgan fingerprint density at radius 2 is 1.81 bits per heavy atom. The molecule has 0 fully saturated rings. The number of hydrogen-bond acceptors (Lipinski definition) is 4. The number of methoxy groups -OCH3 is 2. The zero-order valence-corrected chi connectivity index (χ0v) is 15.6. The van der Waals surface area contributed by atoms with Gasteiger partial charge < -0.3 is 25.3 Å². The van der Waals surface area contributed by atoms with Crippen molar-refractivity contribution in [2.45, 2.75) is 19.4 Å². The molecule has 0 heterocycles. The highest BCUT2D eigenvalue weighted by Crippen LogP contribution is 2.29. The highest BCUT2D eigenvalue weighted by Gasteiger charge is 2.06. The quantitative estimate of drug-likeness (QED) is 0.407. The van der Waals surface area contributed by atoms with Crippen LogP contribution in [0.5, 0.6) is 11.5 Å². The SMILES string of the molecule is COc1ccc(NC(N)=NCCCOC(C)c2ccccc2)cc1OC. The van der Waals surface area contributed by atoms with Gasteiger partial charge in [-0.2, -0.15) is 0 Å². The molecule has 1 unspecified atom stereocenters. The Balaban J connectivity index is 1.75. The van der Waals surface area contributed by atoms with Gasteiger partial charge in [-0.25, -0.2) is 0 Å². The lowest BCUT2D eigenvalue weighted by atomic mass is 10.1. The summed E-state index contributed by atoms with van der Waals surface area (Å²) in [5, 5.41) is 3.04. The maximum Gasteiger partial charge on any atom is 0.193 e. The summed E-state index contributed by atoms with van der Waals surface area (Å²) in [4.78, 5) is 4.32. The van der Waals surface area contributed by atoms with Crippen LogP contribution in [0.25, 0.3) is 0 Å². The molecule has 6 heteroatoms. The number of hydrogen-bond donors (Lipinski definition) is 2. The highest BCUT2D eigenvalue weighted by molar-refractivity contribution is 5.92. The predicted molar refractivity (Wildman–Crippen MR) is 105 cm³/mol. The molecule has 0 aliphatic rings. The number of nitrogens with two attached hydrogens (primary N) is 1. The summed E-state index contributed by atoms with van der Waals surface area (Å²) < 4.78 is 16.3. The molecule has 26 heavy (non-hydrogen) atoms. The van der Waals surface area contributed by atoms with E-state index >= 15 is 0 Å². The summed E-state index contributed by atoms with van der Waals surface area (Å²) in [6, 6.07) is 15.6. The van der Waals surface area contributed by atoms with Crippen LogP contribution in [0.15, 0.2) is 53.5 Å². The average Bonchev–Trinajstić information content (AvgIpc) is 2.68. The van der Waals surface area contributed by atoms with Gasteiger partial charge >= 0.3 is 0 Å². The molecular weight excluding hydrogens is 330 g/mol. The molecule has 3 N–H and O–H groups in total. The van der Waals surface area contributed by atoms with Gasteiger partial charge in [-0.1, -0.05) is 30.3 Å². The third kappa shape index (κ3) is 5.97. The summed E-state index contributed by atoms with van der Waals surface area (Å²) in [6.07, 6.45) is 0.869. The number of ether oxygens (including phenoxy) is 3. The van der Waals surface area contributed by atoms with Crippen LogP contribution in [-0.2, 0) is 4.74 Å².